The number of furan rings is 1. The monoisotopic (exact) mass is 484 g/mol. The second-order valence-electron chi connectivity index (χ2n) is 7.27. The predicted octanol–water partition coefficient (Wildman–Crippen LogP) is 1.17. The third-order valence-corrected chi connectivity index (χ3v) is 6.55. The van der Waals surface area contributed by atoms with Crippen molar-refractivity contribution in [1.29, 1.82) is 0 Å². The summed E-state index contributed by atoms with van der Waals surface area (Å²) in [5.74, 6) is -2.55. The van der Waals surface area contributed by atoms with Gasteiger partial charge in [0.2, 0.25) is 15.6 Å². The Morgan fingerprint density at radius 2 is 1.79 bits per heavy atom. The number of nitrogens with zero attached hydrogens (tertiary/aromatic N) is 1. The summed E-state index contributed by atoms with van der Waals surface area (Å²) in [4.78, 5) is 38.8. The van der Waals surface area contributed by atoms with Gasteiger partial charge in [0.05, 0.1) is 23.3 Å². The topological polar surface area (TPSA) is 143 Å². The molecule has 4 rings (SSSR count). The van der Waals surface area contributed by atoms with Gasteiger partial charge in [0.1, 0.15) is 11.6 Å². The van der Waals surface area contributed by atoms with E-state index >= 15 is 0 Å². The molecule has 1 aliphatic rings. The van der Waals surface area contributed by atoms with E-state index in [0.717, 1.165) is 12.1 Å². The first kappa shape index (κ1) is 22.5. The number of sulfonamides is 1. The largest absolute Gasteiger partial charge is 0.467 e. The molecule has 0 spiro atoms. The molecule has 3 aromatic rings. The van der Waals surface area contributed by atoms with Crippen molar-refractivity contribution < 1.29 is 30.8 Å². The van der Waals surface area contributed by atoms with E-state index in [1.807, 2.05) is 5.32 Å². The Bertz CT molecular complexity index is 1460. The van der Waals surface area contributed by atoms with Crippen molar-refractivity contribution in [2.75, 3.05) is 5.32 Å². The summed E-state index contributed by atoms with van der Waals surface area (Å²) in [5.41, 5.74) is -7.36. The van der Waals surface area contributed by atoms with Crippen molar-refractivity contribution in [3.05, 3.63) is 80.4 Å². The van der Waals surface area contributed by atoms with Crippen LogP contribution >= 0.6 is 0 Å². The van der Waals surface area contributed by atoms with Crippen LogP contribution in [0, 0.1) is 6.92 Å². The Morgan fingerprint density at radius 3 is 2.36 bits per heavy atom. The van der Waals surface area contributed by atoms with Gasteiger partial charge in [0.15, 0.2) is 0 Å². The normalized spacial score (nSPS) is 18.2. The number of rotatable bonds is 5. The van der Waals surface area contributed by atoms with Gasteiger partial charge in [-0.05, 0) is 31.2 Å². The number of aromatic nitrogens is 2. The number of aromatic amines is 1. The highest BCUT2D eigenvalue weighted by Gasteiger charge is 2.69. The Morgan fingerprint density at radius 1 is 1.12 bits per heavy atom. The summed E-state index contributed by atoms with van der Waals surface area (Å²) in [6.45, 7) is 1.20. The molecular formula is C19H15F3N4O6S. The van der Waals surface area contributed by atoms with E-state index < -0.39 is 61.7 Å². The summed E-state index contributed by atoms with van der Waals surface area (Å²) in [6, 6.07) is 7.68. The lowest BCUT2D eigenvalue weighted by Gasteiger charge is -2.29. The Labute approximate surface area is 183 Å². The van der Waals surface area contributed by atoms with E-state index in [4.69, 9.17) is 4.42 Å². The van der Waals surface area contributed by atoms with Crippen molar-refractivity contribution >= 4 is 21.7 Å². The fourth-order valence-corrected chi connectivity index (χ4v) is 4.80. The lowest BCUT2D eigenvalue weighted by atomic mass is 9.94. The van der Waals surface area contributed by atoms with Gasteiger partial charge >= 0.3 is 11.9 Å². The summed E-state index contributed by atoms with van der Waals surface area (Å²) >= 11 is 0. The van der Waals surface area contributed by atoms with Gasteiger partial charge in [-0.15, -0.1) is 0 Å². The molecule has 1 atom stereocenters. The van der Waals surface area contributed by atoms with E-state index in [2.05, 4.69) is 0 Å². The molecule has 0 unspecified atom stereocenters. The van der Waals surface area contributed by atoms with Crippen LogP contribution in [0.4, 0.5) is 19.0 Å². The maximum Gasteiger partial charge on any atom is 0.421 e. The first-order chi connectivity index (χ1) is 15.4. The van der Waals surface area contributed by atoms with Gasteiger partial charge < -0.3 is 9.73 Å². The minimum Gasteiger partial charge on any atom is -0.467 e. The number of nitrogens with one attached hydrogen (secondary N) is 3. The Balaban J connectivity index is 1.95. The lowest BCUT2D eigenvalue weighted by Crippen LogP contribution is -2.61. The second kappa shape index (κ2) is 7.45. The standard InChI is InChI=1S/C19H15F3N4O6S/c1-10-4-6-12(7-5-10)33(30,31)25-18(19(20,21)22)13-14(23-16(18)28)26(17(29)24-15(13)27)9-11-3-2-8-32-11/h2-8,25H,9H2,1H3,(H,23,28)(H,24,27,29)/t18-/m0/s1. The van der Waals surface area contributed by atoms with E-state index in [9.17, 15) is 36.0 Å². The van der Waals surface area contributed by atoms with Crippen LogP contribution in [0.25, 0.3) is 0 Å². The molecule has 3 heterocycles. The highest BCUT2D eigenvalue weighted by molar-refractivity contribution is 7.89. The summed E-state index contributed by atoms with van der Waals surface area (Å²) in [5, 5.41) is 1.86. The van der Waals surface area contributed by atoms with Crippen LogP contribution in [0.3, 0.4) is 0 Å². The van der Waals surface area contributed by atoms with E-state index in [1.165, 1.54) is 35.3 Å². The molecule has 14 heteroatoms. The zero-order valence-electron chi connectivity index (χ0n) is 16.7. The molecule has 1 aromatic carbocycles. The molecule has 0 saturated heterocycles. The maximum absolute atomic E-state index is 14.4. The van der Waals surface area contributed by atoms with Crippen LogP contribution < -0.4 is 21.3 Å². The fourth-order valence-electron chi connectivity index (χ4n) is 3.48. The molecule has 3 N–H and O–H groups in total. The molecule has 1 amide bonds. The van der Waals surface area contributed by atoms with Gasteiger partial charge in [-0.1, -0.05) is 17.7 Å². The number of fused-ring (bicyclic) bond motifs is 1. The van der Waals surface area contributed by atoms with Crippen molar-refractivity contribution in [1.82, 2.24) is 14.3 Å². The first-order valence-electron chi connectivity index (χ1n) is 9.25. The first-order valence-corrected chi connectivity index (χ1v) is 10.7. The molecule has 2 aromatic heterocycles. The number of carbonyl (C=O) groups excluding carboxylic acids is 1. The summed E-state index contributed by atoms with van der Waals surface area (Å²) in [7, 11) is -4.96. The number of H-pyrrole nitrogens is 1. The average molecular weight is 484 g/mol. The number of hydrogen-bond acceptors (Lipinski definition) is 6. The number of amides is 1. The van der Waals surface area contributed by atoms with Crippen LogP contribution in [-0.2, 0) is 26.9 Å². The van der Waals surface area contributed by atoms with Crippen molar-refractivity contribution in [3.63, 3.8) is 0 Å². The van der Waals surface area contributed by atoms with Gasteiger partial charge in [-0.3, -0.25) is 19.1 Å². The summed E-state index contributed by atoms with van der Waals surface area (Å²) < 4.78 is 76.0. The number of hydrogen-bond donors (Lipinski definition) is 3. The van der Waals surface area contributed by atoms with Crippen molar-refractivity contribution in [2.24, 2.45) is 0 Å². The molecular weight excluding hydrogens is 469 g/mol. The molecule has 0 fully saturated rings. The number of alkyl halides is 3. The van der Waals surface area contributed by atoms with Crippen LogP contribution in [0.1, 0.15) is 16.9 Å². The third kappa shape index (κ3) is 3.56. The SMILES string of the molecule is Cc1ccc(S(=O)(=O)N[C@]2(C(F)(F)F)C(=O)Nc3c2c(=O)[nH]c(=O)n3Cc2ccco2)cc1. The van der Waals surface area contributed by atoms with E-state index in [1.54, 1.807) is 11.9 Å². The lowest BCUT2D eigenvalue weighted by molar-refractivity contribution is -0.194. The third-order valence-electron chi connectivity index (χ3n) is 5.08. The molecule has 0 saturated carbocycles. The smallest absolute Gasteiger partial charge is 0.421 e. The van der Waals surface area contributed by atoms with Crippen molar-refractivity contribution in [2.45, 2.75) is 30.1 Å². The van der Waals surface area contributed by atoms with Gasteiger partial charge in [-0.25, -0.2) is 13.2 Å². The Kier molecular flexibility index (Phi) is 5.09. The predicted molar refractivity (Wildman–Crippen MR) is 107 cm³/mol. The van der Waals surface area contributed by atoms with Gasteiger partial charge in [0.25, 0.3) is 11.5 Å². The number of aryl methyl sites for hydroxylation is 1. The number of halogens is 3. The number of benzene rings is 1. The summed E-state index contributed by atoms with van der Waals surface area (Å²) in [6.07, 6.45) is -4.35. The molecule has 174 valence electrons. The molecule has 0 radical (unpaired) electrons. The molecule has 0 aliphatic carbocycles. The van der Waals surface area contributed by atoms with Crippen LogP contribution in [0.5, 0.6) is 0 Å². The molecule has 10 nitrogen and oxygen atoms in total. The zero-order valence-corrected chi connectivity index (χ0v) is 17.5. The maximum atomic E-state index is 14.4. The number of anilines is 1. The van der Waals surface area contributed by atoms with Crippen LogP contribution in [0.2, 0.25) is 0 Å². The van der Waals surface area contributed by atoms with E-state index in [-0.39, 0.29) is 5.76 Å². The second-order valence-corrected chi connectivity index (χ2v) is 8.95. The quantitative estimate of drug-likeness (QED) is 0.496. The average Bonchev–Trinajstić information content (AvgIpc) is 3.32. The molecule has 0 bridgehead atoms. The van der Waals surface area contributed by atoms with Gasteiger partial charge in [-0.2, -0.15) is 17.9 Å². The number of carbonyl (C=O) groups is 1. The minimum absolute atomic E-state index is 0.130. The highest BCUT2D eigenvalue weighted by atomic mass is 32.2. The minimum atomic E-state index is -5.60. The van der Waals surface area contributed by atoms with Crippen LogP contribution in [-0.4, -0.2) is 30.1 Å². The molecule has 33 heavy (non-hydrogen) atoms. The Hall–Kier alpha value is -3.65. The fraction of sp³-hybridized carbons (Fsp3) is 0.211. The van der Waals surface area contributed by atoms with E-state index in [0.29, 0.717) is 10.1 Å². The van der Waals surface area contributed by atoms with Crippen LogP contribution in [0.15, 0.2) is 61.6 Å². The van der Waals surface area contributed by atoms with Gasteiger partial charge in [0, 0.05) is 0 Å². The zero-order chi connectivity index (χ0) is 24.2. The highest BCUT2D eigenvalue weighted by Crippen LogP contribution is 2.45. The molecule has 1 aliphatic heterocycles. The van der Waals surface area contributed by atoms with Crippen molar-refractivity contribution in [3.8, 4) is 0 Å².